The molecule has 3 aliphatic rings. The van der Waals surface area contributed by atoms with Crippen molar-refractivity contribution in [1.82, 2.24) is 9.97 Å². The van der Waals surface area contributed by atoms with Crippen molar-refractivity contribution in [2.24, 2.45) is 17.8 Å². The molecular formula is C27H23F3N4O3. The summed E-state index contributed by atoms with van der Waals surface area (Å²) in [6.07, 6.45) is 8.55. The first kappa shape index (κ1) is 24.4. The molecule has 3 fully saturated rings. The summed E-state index contributed by atoms with van der Waals surface area (Å²) in [6.45, 7) is 0. The van der Waals surface area contributed by atoms with E-state index in [1.165, 1.54) is 50.3 Å². The van der Waals surface area contributed by atoms with Crippen LogP contribution >= 0.6 is 0 Å². The molecule has 37 heavy (non-hydrogen) atoms. The highest BCUT2D eigenvalue weighted by molar-refractivity contribution is 5.97. The number of aromatic amines is 1. The van der Waals surface area contributed by atoms with Gasteiger partial charge in [-0.05, 0) is 49.3 Å². The number of aliphatic carboxylic acids is 1. The quantitative estimate of drug-likeness (QED) is 0.300. The highest BCUT2D eigenvalue weighted by atomic mass is 19.1. The molecule has 0 spiro atoms. The van der Waals surface area contributed by atoms with Crippen molar-refractivity contribution in [3.8, 4) is 28.7 Å². The zero-order chi connectivity index (χ0) is 26.3. The zero-order valence-electron chi connectivity index (χ0n) is 19.6. The van der Waals surface area contributed by atoms with Crippen molar-refractivity contribution >= 4 is 22.7 Å². The van der Waals surface area contributed by atoms with Crippen LogP contribution in [-0.4, -0.2) is 21.0 Å². The average molecular weight is 509 g/mol. The summed E-state index contributed by atoms with van der Waals surface area (Å²) >= 11 is 0. The summed E-state index contributed by atoms with van der Waals surface area (Å²) in [5, 5.41) is 18.6. The van der Waals surface area contributed by atoms with Gasteiger partial charge in [-0.15, -0.1) is 0 Å². The molecule has 3 aromatic heterocycles. The van der Waals surface area contributed by atoms with E-state index in [9.17, 15) is 23.2 Å². The topological polar surface area (TPSA) is 129 Å². The number of nitrogen functional groups attached to an aromatic ring is 1. The van der Waals surface area contributed by atoms with Crippen LogP contribution in [-0.2, 0) is 4.79 Å². The summed E-state index contributed by atoms with van der Waals surface area (Å²) in [5.74, 6) is -2.18. The van der Waals surface area contributed by atoms with Gasteiger partial charge >= 0.3 is 5.97 Å². The average Bonchev–Trinajstić information content (AvgIpc) is 3.57. The first-order chi connectivity index (χ1) is 17.8. The van der Waals surface area contributed by atoms with Crippen molar-refractivity contribution in [2.45, 2.75) is 32.1 Å². The molecule has 1 atom stereocenters. The van der Waals surface area contributed by atoms with Crippen LogP contribution in [0, 0.1) is 46.5 Å². The molecule has 0 amide bonds. The Hall–Kier alpha value is -4.26. The molecule has 1 unspecified atom stereocenters. The number of nitriles is 1. The Bertz CT molecular complexity index is 1520. The van der Waals surface area contributed by atoms with Crippen LogP contribution in [0.25, 0.3) is 33.5 Å². The minimum Gasteiger partial charge on any atom is -0.481 e. The molecule has 0 aliphatic heterocycles. The monoisotopic (exact) mass is 508 g/mol. The molecule has 0 saturated heterocycles. The molecule has 2 bridgehead atoms. The molecule has 4 N–H and O–H groups in total. The SMILES string of the molecule is N#Cc1c(-c2c[nH]c3c(F)cc(F)cc23)nc(N)c(F)c1-c1ccco1.O=C(O)C1CC2CCC1CC2. The zero-order valence-corrected chi connectivity index (χ0v) is 19.6. The highest BCUT2D eigenvalue weighted by Gasteiger charge is 2.39. The molecule has 190 valence electrons. The van der Waals surface area contributed by atoms with Gasteiger partial charge in [0.1, 0.15) is 23.5 Å². The van der Waals surface area contributed by atoms with Crippen molar-refractivity contribution in [3.63, 3.8) is 0 Å². The van der Waals surface area contributed by atoms with E-state index < -0.39 is 29.2 Å². The first-order valence-corrected chi connectivity index (χ1v) is 11.9. The lowest BCUT2D eigenvalue weighted by Gasteiger charge is -2.40. The number of nitrogens with zero attached hydrogens (tertiary/aromatic N) is 2. The fourth-order valence-corrected chi connectivity index (χ4v) is 5.57. The van der Waals surface area contributed by atoms with Gasteiger partial charge in [-0.1, -0.05) is 12.8 Å². The van der Waals surface area contributed by atoms with Crippen LogP contribution in [0.1, 0.15) is 37.7 Å². The van der Waals surface area contributed by atoms with Crippen LogP contribution in [0.4, 0.5) is 19.0 Å². The summed E-state index contributed by atoms with van der Waals surface area (Å²) in [5.41, 5.74) is 5.60. The fraction of sp³-hybridized carbons (Fsp3) is 0.296. The van der Waals surface area contributed by atoms with Gasteiger partial charge in [-0.25, -0.2) is 18.2 Å². The van der Waals surface area contributed by atoms with E-state index in [1.54, 1.807) is 0 Å². The van der Waals surface area contributed by atoms with E-state index in [4.69, 9.17) is 15.3 Å². The predicted octanol–water partition coefficient (Wildman–Crippen LogP) is 6.26. The number of carboxylic acid groups (broad SMARTS) is 1. The molecule has 3 aliphatic carbocycles. The number of hydrogen-bond donors (Lipinski definition) is 3. The van der Waals surface area contributed by atoms with Crippen molar-refractivity contribution in [2.75, 3.05) is 5.73 Å². The van der Waals surface area contributed by atoms with Crippen molar-refractivity contribution in [1.29, 1.82) is 5.26 Å². The van der Waals surface area contributed by atoms with E-state index in [-0.39, 0.29) is 45.0 Å². The van der Waals surface area contributed by atoms with E-state index in [2.05, 4.69) is 9.97 Å². The third-order valence-corrected chi connectivity index (χ3v) is 7.37. The van der Waals surface area contributed by atoms with Gasteiger partial charge in [0.2, 0.25) is 0 Å². The Morgan fingerprint density at radius 1 is 1.22 bits per heavy atom. The number of pyridine rings is 1. The number of rotatable bonds is 3. The summed E-state index contributed by atoms with van der Waals surface area (Å²) < 4.78 is 47.4. The molecule has 10 heteroatoms. The number of aromatic nitrogens is 2. The van der Waals surface area contributed by atoms with Crippen molar-refractivity contribution in [3.05, 3.63) is 59.7 Å². The van der Waals surface area contributed by atoms with Gasteiger partial charge < -0.3 is 20.2 Å². The van der Waals surface area contributed by atoms with Crippen molar-refractivity contribution < 1.29 is 27.5 Å². The van der Waals surface area contributed by atoms with E-state index >= 15 is 0 Å². The maximum absolute atomic E-state index is 14.5. The normalized spacial score (nSPS) is 20.3. The molecule has 0 radical (unpaired) electrons. The minimum absolute atomic E-state index is 0.00231. The lowest BCUT2D eigenvalue weighted by molar-refractivity contribution is -0.147. The highest BCUT2D eigenvalue weighted by Crippen LogP contribution is 2.45. The molecule has 7 rings (SSSR count). The summed E-state index contributed by atoms with van der Waals surface area (Å²) in [6, 6.07) is 6.71. The molecule has 3 heterocycles. The molecule has 4 aromatic rings. The van der Waals surface area contributed by atoms with Gasteiger partial charge in [0.15, 0.2) is 11.6 Å². The Morgan fingerprint density at radius 2 is 1.97 bits per heavy atom. The van der Waals surface area contributed by atoms with E-state index in [0.717, 1.165) is 24.5 Å². The number of benzene rings is 1. The number of furan rings is 1. The number of fused-ring (bicyclic) bond motifs is 4. The van der Waals surface area contributed by atoms with E-state index in [1.807, 2.05) is 6.07 Å². The third kappa shape index (κ3) is 4.42. The van der Waals surface area contributed by atoms with Crippen LogP contribution in [0.3, 0.4) is 0 Å². The van der Waals surface area contributed by atoms with Crippen LogP contribution in [0.5, 0.6) is 0 Å². The minimum atomic E-state index is -0.905. The number of halogens is 3. The van der Waals surface area contributed by atoms with Crippen LogP contribution in [0.2, 0.25) is 0 Å². The lowest BCUT2D eigenvalue weighted by atomic mass is 9.65. The third-order valence-electron chi connectivity index (χ3n) is 7.37. The number of carbonyl (C=O) groups is 1. The standard InChI is InChI=1S/C18H9F3N4O.C9H14O2/c19-8-4-9-11(7-24-17(9)12(20)5-8)16-10(6-22)14(13-2-1-3-26-13)15(21)18(23)25-16;10-9(11)8-5-6-1-3-7(8)4-2-6/h1-5,7,24H,(H2,23,25);6-8H,1-5H2,(H,10,11). The van der Waals surface area contributed by atoms with Crippen LogP contribution in [0.15, 0.2) is 41.1 Å². The van der Waals surface area contributed by atoms with Gasteiger partial charge in [0.05, 0.1) is 34.5 Å². The lowest BCUT2D eigenvalue weighted by Crippen LogP contribution is -2.35. The number of nitrogens with two attached hydrogens (primary N) is 1. The fourth-order valence-electron chi connectivity index (χ4n) is 5.57. The number of carboxylic acids is 1. The number of nitrogens with one attached hydrogen (secondary N) is 1. The largest absolute Gasteiger partial charge is 0.481 e. The smallest absolute Gasteiger partial charge is 0.306 e. The van der Waals surface area contributed by atoms with Gasteiger partial charge in [-0.2, -0.15) is 5.26 Å². The second kappa shape index (κ2) is 9.65. The maximum atomic E-state index is 14.5. The maximum Gasteiger partial charge on any atom is 0.306 e. The van der Waals surface area contributed by atoms with Crippen LogP contribution < -0.4 is 5.73 Å². The Morgan fingerprint density at radius 3 is 2.54 bits per heavy atom. The summed E-state index contributed by atoms with van der Waals surface area (Å²) in [7, 11) is 0. The second-order valence-corrected chi connectivity index (χ2v) is 9.47. The molecule has 1 aromatic carbocycles. The second-order valence-electron chi connectivity index (χ2n) is 9.47. The van der Waals surface area contributed by atoms with Gasteiger partial charge in [0.25, 0.3) is 0 Å². The van der Waals surface area contributed by atoms with E-state index in [0.29, 0.717) is 5.92 Å². The Kier molecular flexibility index (Phi) is 6.38. The number of anilines is 1. The number of hydrogen-bond acceptors (Lipinski definition) is 5. The van der Waals surface area contributed by atoms with Gasteiger partial charge in [-0.3, -0.25) is 4.79 Å². The Balaban J connectivity index is 0.000000212. The molecule has 3 saturated carbocycles. The molecular weight excluding hydrogens is 485 g/mol. The summed E-state index contributed by atoms with van der Waals surface area (Å²) in [4.78, 5) is 17.4. The Labute approximate surface area is 209 Å². The number of H-pyrrole nitrogens is 1. The molecule has 7 nitrogen and oxygen atoms in total. The predicted molar refractivity (Wildman–Crippen MR) is 129 cm³/mol. The first-order valence-electron chi connectivity index (χ1n) is 11.9. The van der Waals surface area contributed by atoms with Gasteiger partial charge in [0, 0.05) is 23.2 Å².